The third kappa shape index (κ3) is 2.50. The lowest BCUT2D eigenvalue weighted by Crippen LogP contribution is -2.01. The topological polar surface area (TPSA) is 66.0 Å². The van der Waals surface area contributed by atoms with Gasteiger partial charge in [0, 0.05) is 12.4 Å². The molecule has 0 aliphatic carbocycles. The molecule has 0 unspecified atom stereocenters. The maximum Gasteiger partial charge on any atom is 0.311 e. The number of imidazole rings is 1. The van der Waals surface area contributed by atoms with Crippen LogP contribution in [0.3, 0.4) is 0 Å². The van der Waals surface area contributed by atoms with E-state index < -0.39 is 5.97 Å². The van der Waals surface area contributed by atoms with Crippen molar-refractivity contribution in [1.82, 2.24) is 9.97 Å². The average Bonchev–Trinajstić information content (AvgIpc) is 2.15. The Morgan fingerprint density at radius 1 is 1.80 bits per heavy atom. The fourth-order valence-electron chi connectivity index (χ4n) is 0.538. The highest BCUT2D eigenvalue weighted by Gasteiger charge is 1.99. The third-order valence-corrected chi connectivity index (χ3v) is 0.874. The number of aromatic amines is 1. The summed E-state index contributed by atoms with van der Waals surface area (Å²) in [5.41, 5.74) is 0. The number of halogens is 1. The van der Waals surface area contributed by atoms with E-state index in [4.69, 9.17) is 5.11 Å². The number of aromatic nitrogens is 2. The minimum absolute atomic E-state index is 0. The Balaban J connectivity index is 0.000000810. The maximum absolute atomic E-state index is 10.0. The van der Waals surface area contributed by atoms with E-state index in [1.54, 1.807) is 6.20 Å². The van der Waals surface area contributed by atoms with Gasteiger partial charge in [-0.3, -0.25) is 4.79 Å². The zero-order valence-corrected chi connectivity index (χ0v) is 5.89. The zero-order valence-electron chi connectivity index (χ0n) is 5.07. The van der Waals surface area contributed by atoms with Gasteiger partial charge < -0.3 is 10.1 Å². The molecule has 1 rings (SSSR count). The Morgan fingerprint density at radius 3 is 2.90 bits per heavy atom. The summed E-state index contributed by atoms with van der Waals surface area (Å²) < 4.78 is 0. The van der Waals surface area contributed by atoms with Gasteiger partial charge in [-0.25, -0.2) is 4.98 Å². The van der Waals surface area contributed by atoms with Gasteiger partial charge in [0.15, 0.2) is 0 Å². The molecule has 0 aliphatic rings. The van der Waals surface area contributed by atoms with Crippen molar-refractivity contribution in [3.05, 3.63) is 18.2 Å². The van der Waals surface area contributed by atoms with Crippen molar-refractivity contribution in [2.24, 2.45) is 0 Å². The van der Waals surface area contributed by atoms with Gasteiger partial charge in [-0.1, -0.05) is 0 Å². The van der Waals surface area contributed by atoms with Crippen LogP contribution >= 0.6 is 12.4 Å². The molecule has 4 nitrogen and oxygen atoms in total. The van der Waals surface area contributed by atoms with Crippen LogP contribution < -0.4 is 0 Å². The van der Waals surface area contributed by atoms with Crippen molar-refractivity contribution >= 4 is 18.4 Å². The Morgan fingerprint density at radius 2 is 2.50 bits per heavy atom. The summed E-state index contributed by atoms with van der Waals surface area (Å²) in [6.07, 6.45) is 3.09. The van der Waals surface area contributed by atoms with Gasteiger partial charge in [-0.05, 0) is 0 Å². The first-order chi connectivity index (χ1) is 4.29. The lowest BCUT2D eigenvalue weighted by Gasteiger charge is -1.85. The predicted octanol–water partition coefficient (Wildman–Crippen LogP) is 0.459. The van der Waals surface area contributed by atoms with Crippen molar-refractivity contribution in [2.45, 2.75) is 6.42 Å². The molecule has 0 saturated heterocycles. The van der Waals surface area contributed by atoms with Crippen LogP contribution in [0.4, 0.5) is 0 Å². The number of carboxylic acid groups (broad SMARTS) is 1. The number of H-pyrrole nitrogens is 1. The standard InChI is InChI=1S/C5H6N2O2.ClH/c8-5(9)3-4-6-1-2-7-4;/h1-2H,3H2,(H,6,7)(H,8,9);1H. The van der Waals surface area contributed by atoms with Crippen LogP contribution in [0.15, 0.2) is 12.4 Å². The second-order valence-corrected chi connectivity index (χ2v) is 1.61. The van der Waals surface area contributed by atoms with Gasteiger partial charge in [0.25, 0.3) is 0 Å². The van der Waals surface area contributed by atoms with Crippen LogP contribution in [0.5, 0.6) is 0 Å². The SMILES string of the molecule is Cl.O=C(O)Cc1ncc[nH]1. The fraction of sp³-hybridized carbons (Fsp3) is 0.200. The molecule has 0 atom stereocenters. The number of aliphatic carboxylic acids is 1. The molecule has 1 aromatic heterocycles. The molecule has 0 fully saturated rings. The summed E-state index contributed by atoms with van der Waals surface area (Å²) in [4.78, 5) is 16.4. The summed E-state index contributed by atoms with van der Waals surface area (Å²) in [6.45, 7) is 0. The third-order valence-electron chi connectivity index (χ3n) is 0.874. The van der Waals surface area contributed by atoms with Crippen molar-refractivity contribution < 1.29 is 9.90 Å². The van der Waals surface area contributed by atoms with Crippen molar-refractivity contribution in [3.63, 3.8) is 0 Å². The molecule has 0 amide bonds. The van der Waals surface area contributed by atoms with E-state index in [0.717, 1.165) is 0 Å². The number of carbonyl (C=O) groups is 1. The van der Waals surface area contributed by atoms with Gasteiger partial charge in [0.1, 0.15) is 12.2 Å². The Kier molecular flexibility index (Phi) is 3.49. The Labute approximate surface area is 63.7 Å². The van der Waals surface area contributed by atoms with Crippen LogP contribution in [0.1, 0.15) is 5.82 Å². The summed E-state index contributed by atoms with van der Waals surface area (Å²) in [6, 6.07) is 0. The van der Waals surface area contributed by atoms with E-state index in [-0.39, 0.29) is 18.8 Å². The second-order valence-electron chi connectivity index (χ2n) is 1.61. The summed E-state index contributed by atoms with van der Waals surface area (Å²) in [7, 11) is 0. The van der Waals surface area contributed by atoms with Crippen LogP contribution in [0.25, 0.3) is 0 Å². The molecule has 0 saturated carbocycles. The second kappa shape index (κ2) is 3.90. The maximum atomic E-state index is 10.0. The first-order valence-corrected chi connectivity index (χ1v) is 2.49. The molecule has 0 aliphatic heterocycles. The van der Waals surface area contributed by atoms with Crippen molar-refractivity contribution in [3.8, 4) is 0 Å². The molecule has 56 valence electrons. The highest BCUT2D eigenvalue weighted by atomic mass is 35.5. The van der Waals surface area contributed by atoms with E-state index in [1.165, 1.54) is 6.20 Å². The zero-order chi connectivity index (χ0) is 6.69. The Bertz CT molecular complexity index is 197. The number of hydrogen-bond acceptors (Lipinski definition) is 2. The van der Waals surface area contributed by atoms with Gasteiger partial charge in [-0.2, -0.15) is 0 Å². The first-order valence-electron chi connectivity index (χ1n) is 2.49. The molecular formula is C5H7ClN2O2. The van der Waals surface area contributed by atoms with Gasteiger partial charge in [0.05, 0.1) is 0 Å². The molecule has 1 heterocycles. The van der Waals surface area contributed by atoms with Crippen molar-refractivity contribution in [1.29, 1.82) is 0 Å². The number of carboxylic acids is 1. The molecule has 5 heteroatoms. The van der Waals surface area contributed by atoms with Gasteiger partial charge >= 0.3 is 5.97 Å². The predicted molar refractivity (Wildman–Crippen MR) is 37.2 cm³/mol. The first kappa shape index (κ1) is 8.97. The highest BCUT2D eigenvalue weighted by Crippen LogP contribution is 1.87. The fourth-order valence-corrected chi connectivity index (χ4v) is 0.538. The summed E-state index contributed by atoms with van der Waals surface area (Å²) in [5, 5.41) is 8.23. The molecule has 0 spiro atoms. The van der Waals surface area contributed by atoms with Gasteiger partial charge in [0.2, 0.25) is 0 Å². The number of nitrogens with one attached hydrogen (secondary N) is 1. The van der Waals surface area contributed by atoms with E-state index in [2.05, 4.69) is 9.97 Å². The highest BCUT2D eigenvalue weighted by molar-refractivity contribution is 5.85. The molecule has 0 bridgehead atoms. The van der Waals surface area contributed by atoms with Crippen molar-refractivity contribution in [2.75, 3.05) is 0 Å². The van der Waals surface area contributed by atoms with Crippen LogP contribution in [0.2, 0.25) is 0 Å². The van der Waals surface area contributed by atoms with Crippen LogP contribution in [-0.4, -0.2) is 21.0 Å². The number of hydrogen-bond donors (Lipinski definition) is 2. The summed E-state index contributed by atoms with van der Waals surface area (Å²) >= 11 is 0. The minimum Gasteiger partial charge on any atom is -0.481 e. The monoisotopic (exact) mass is 162 g/mol. The smallest absolute Gasteiger partial charge is 0.311 e. The normalized spacial score (nSPS) is 8.40. The van der Waals surface area contributed by atoms with Gasteiger partial charge in [-0.15, -0.1) is 12.4 Å². The molecule has 0 aromatic carbocycles. The lowest BCUT2D eigenvalue weighted by atomic mass is 10.4. The quantitative estimate of drug-likeness (QED) is 0.664. The van der Waals surface area contributed by atoms with Crippen LogP contribution in [-0.2, 0) is 11.2 Å². The van der Waals surface area contributed by atoms with E-state index in [0.29, 0.717) is 5.82 Å². The van der Waals surface area contributed by atoms with E-state index >= 15 is 0 Å². The summed E-state index contributed by atoms with van der Waals surface area (Å²) in [5.74, 6) is -0.382. The Hall–Kier alpha value is -1.03. The molecule has 10 heavy (non-hydrogen) atoms. The lowest BCUT2D eigenvalue weighted by molar-refractivity contribution is -0.136. The average molecular weight is 163 g/mol. The molecular weight excluding hydrogens is 156 g/mol. The molecule has 1 aromatic rings. The molecule has 2 N–H and O–H groups in total. The number of rotatable bonds is 2. The van der Waals surface area contributed by atoms with E-state index in [9.17, 15) is 4.79 Å². The molecule has 0 radical (unpaired) electrons. The van der Waals surface area contributed by atoms with E-state index in [1.807, 2.05) is 0 Å². The largest absolute Gasteiger partial charge is 0.481 e. The minimum atomic E-state index is -0.870. The number of nitrogens with zero attached hydrogens (tertiary/aromatic N) is 1. The van der Waals surface area contributed by atoms with Crippen LogP contribution in [0, 0.1) is 0 Å².